The van der Waals surface area contributed by atoms with E-state index >= 15 is 0 Å². The molecule has 1 saturated heterocycles. The van der Waals surface area contributed by atoms with Crippen molar-refractivity contribution >= 4 is 11.8 Å². The minimum atomic E-state index is -0.668. The molecule has 1 aromatic carbocycles. The third-order valence-electron chi connectivity index (χ3n) is 5.38. The molecular formula is C23H29N3O3. The maximum atomic E-state index is 12.9. The molecule has 0 unspecified atom stereocenters. The van der Waals surface area contributed by atoms with Crippen LogP contribution in [0.15, 0.2) is 55.1 Å². The lowest BCUT2D eigenvalue weighted by atomic mass is 9.89. The SMILES string of the molecule is C=CC(C)(C)CC(=O)N[C@@H]1CN(C(=O)c2ccc(-c3ccccc3)[nH]2)CC[C@H]1O. The highest BCUT2D eigenvalue weighted by Gasteiger charge is 2.33. The van der Waals surface area contributed by atoms with Gasteiger partial charge < -0.3 is 20.3 Å². The number of allylic oxidation sites excluding steroid dienone is 1. The van der Waals surface area contributed by atoms with Crippen LogP contribution < -0.4 is 5.32 Å². The Kier molecular flexibility index (Phi) is 6.23. The molecule has 0 spiro atoms. The first-order valence-corrected chi connectivity index (χ1v) is 9.94. The van der Waals surface area contributed by atoms with Crippen LogP contribution in [0.5, 0.6) is 0 Å². The zero-order valence-electron chi connectivity index (χ0n) is 17.0. The Morgan fingerprint density at radius 3 is 2.69 bits per heavy atom. The number of rotatable bonds is 6. The van der Waals surface area contributed by atoms with Crippen molar-refractivity contribution in [3.63, 3.8) is 0 Å². The van der Waals surface area contributed by atoms with Crippen LogP contribution in [0.2, 0.25) is 0 Å². The first-order chi connectivity index (χ1) is 13.8. The number of aromatic nitrogens is 1. The predicted octanol–water partition coefficient (Wildman–Crippen LogP) is 2.98. The van der Waals surface area contributed by atoms with Crippen LogP contribution in [-0.4, -0.2) is 52.0 Å². The summed E-state index contributed by atoms with van der Waals surface area (Å²) in [6.07, 6.45) is 1.78. The summed E-state index contributed by atoms with van der Waals surface area (Å²) < 4.78 is 0. The Balaban J connectivity index is 1.65. The molecular weight excluding hydrogens is 366 g/mol. The van der Waals surface area contributed by atoms with E-state index in [0.717, 1.165) is 11.3 Å². The lowest BCUT2D eigenvalue weighted by Gasteiger charge is -2.36. The first kappa shape index (κ1) is 20.9. The van der Waals surface area contributed by atoms with Gasteiger partial charge in [-0.1, -0.05) is 50.3 Å². The highest BCUT2D eigenvalue weighted by molar-refractivity contribution is 5.93. The Morgan fingerprint density at radius 2 is 2.00 bits per heavy atom. The number of carbonyl (C=O) groups is 2. The number of nitrogens with one attached hydrogen (secondary N) is 2. The van der Waals surface area contributed by atoms with Crippen LogP contribution >= 0.6 is 0 Å². The van der Waals surface area contributed by atoms with Crippen LogP contribution in [-0.2, 0) is 4.79 Å². The number of aliphatic hydroxyl groups excluding tert-OH is 1. The van der Waals surface area contributed by atoms with Crippen LogP contribution in [0.1, 0.15) is 37.2 Å². The zero-order valence-corrected chi connectivity index (χ0v) is 17.0. The summed E-state index contributed by atoms with van der Waals surface area (Å²) in [5.41, 5.74) is 2.06. The summed E-state index contributed by atoms with van der Waals surface area (Å²) in [6.45, 7) is 8.35. The normalized spacial score (nSPS) is 19.6. The van der Waals surface area contributed by atoms with Crippen molar-refractivity contribution in [2.24, 2.45) is 5.41 Å². The fourth-order valence-corrected chi connectivity index (χ4v) is 3.49. The quantitative estimate of drug-likeness (QED) is 0.658. The molecule has 3 N–H and O–H groups in total. The van der Waals surface area contributed by atoms with Gasteiger partial charge in [0.15, 0.2) is 0 Å². The fraction of sp³-hybridized carbons (Fsp3) is 0.391. The molecule has 6 nitrogen and oxygen atoms in total. The number of benzene rings is 1. The van der Waals surface area contributed by atoms with Crippen molar-refractivity contribution in [2.45, 2.75) is 38.8 Å². The summed E-state index contributed by atoms with van der Waals surface area (Å²) in [6, 6.07) is 13.0. The van der Waals surface area contributed by atoms with Crippen LogP contribution in [0.3, 0.4) is 0 Å². The molecule has 29 heavy (non-hydrogen) atoms. The lowest BCUT2D eigenvalue weighted by Crippen LogP contribution is -2.56. The third-order valence-corrected chi connectivity index (χ3v) is 5.38. The van der Waals surface area contributed by atoms with Gasteiger partial charge in [-0.2, -0.15) is 0 Å². The van der Waals surface area contributed by atoms with E-state index in [-0.39, 0.29) is 30.2 Å². The number of amides is 2. The maximum Gasteiger partial charge on any atom is 0.270 e. The van der Waals surface area contributed by atoms with Crippen molar-refractivity contribution in [3.8, 4) is 11.3 Å². The van der Waals surface area contributed by atoms with Crippen molar-refractivity contribution in [1.29, 1.82) is 0 Å². The van der Waals surface area contributed by atoms with Crippen molar-refractivity contribution in [2.75, 3.05) is 13.1 Å². The average Bonchev–Trinajstić information content (AvgIpc) is 3.19. The van der Waals surface area contributed by atoms with E-state index in [2.05, 4.69) is 16.9 Å². The molecule has 2 amide bonds. The van der Waals surface area contributed by atoms with Gasteiger partial charge in [-0.3, -0.25) is 9.59 Å². The Morgan fingerprint density at radius 1 is 1.28 bits per heavy atom. The van der Waals surface area contributed by atoms with Gasteiger partial charge in [-0.15, -0.1) is 6.58 Å². The van der Waals surface area contributed by atoms with E-state index in [1.165, 1.54) is 0 Å². The fourth-order valence-electron chi connectivity index (χ4n) is 3.49. The molecule has 0 saturated carbocycles. The van der Waals surface area contributed by atoms with Crippen molar-refractivity contribution in [3.05, 3.63) is 60.8 Å². The van der Waals surface area contributed by atoms with Crippen molar-refractivity contribution in [1.82, 2.24) is 15.2 Å². The number of hydrogen-bond donors (Lipinski definition) is 3. The van der Waals surface area contributed by atoms with E-state index in [9.17, 15) is 14.7 Å². The summed E-state index contributed by atoms with van der Waals surface area (Å²) >= 11 is 0. The third kappa shape index (κ3) is 5.15. The number of aromatic amines is 1. The first-order valence-electron chi connectivity index (χ1n) is 9.94. The van der Waals surface area contributed by atoms with Crippen LogP contribution in [0, 0.1) is 5.41 Å². The molecule has 2 aromatic rings. The predicted molar refractivity (Wildman–Crippen MR) is 113 cm³/mol. The smallest absolute Gasteiger partial charge is 0.270 e. The second kappa shape index (κ2) is 8.66. The molecule has 0 aliphatic carbocycles. The van der Waals surface area contributed by atoms with Gasteiger partial charge in [0.1, 0.15) is 5.69 Å². The van der Waals surface area contributed by atoms with Gasteiger partial charge in [-0.25, -0.2) is 0 Å². The van der Waals surface area contributed by atoms with Crippen molar-refractivity contribution < 1.29 is 14.7 Å². The Labute approximate surface area is 171 Å². The number of likely N-dealkylation sites (tertiary alicyclic amines) is 1. The molecule has 1 aliphatic rings. The van der Waals surface area contributed by atoms with Gasteiger partial charge in [0, 0.05) is 25.2 Å². The molecule has 1 aromatic heterocycles. The van der Waals surface area contributed by atoms with Crippen LogP contribution in [0.25, 0.3) is 11.3 Å². The molecule has 154 valence electrons. The highest BCUT2D eigenvalue weighted by atomic mass is 16.3. The summed E-state index contributed by atoms with van der Waals surface area (Å²) in [4.78, 5) is 30.2. The lowest BCUT2D eigenvalue weighted by molar-refractivity contribution is -0.124. The highest BCUT2D eigenvalue weighted by Crippen LogP contribution is 2.22. The second-order valence-electron chi connectivity index (χ2n) is 8.30. The topological polar surface area (TPSA) is 85.4 Å². The summed E-state index contributed by atoms with van der Waals surface area (Å²) in [7, 11) is 0. The Bertz CT molecular complexity index is 873. The number of aliphatic hydroxyl groups is 1. The van der Waals surface area contributed by atoms with E-state index in [1.54, 1.807) is 17.0 Å². The zero-order chi connectivity index (χ0) is 21.0. The molecule has 1 fully saturated rings. The maximum absolute atomic E-state index is 12.9. The number of carbonyl (C=O) groups excluding carboxylic acids is 2. The number of H-pyrrole nitrogens is 1. The van der Waals surface area contributed by atoms with Gasteiger partial charge in [0.05, 0.1) is 12.1 Å². The minimum Gasteiger partial charge on any atom is -0.391 e. The molecule has 1 aliphatic heterocycles. The molecule has 0 bridgehead atoms. The average molecular weight is 396 g/mol. The molecule has 0 radical (unpaired) electrons. The van der Waals surface area contributed by atoms with E-state index in [0.29, 0.717) is 18.7 Å². The molecule has 6 heteroatoms. The summed E-state index contributed by atoms with van der Waals surface area (Å²) in [5.74, 6) is -0.288. The monoisotopic (exact) mass is 395 g/mol. The van der Waals surface area contributed by atoms with Crippen LogP contribution in [0.4, 0.5) is 0 Å². The van der Waals surface area contributed by atoms with E-state index < -0.39 is 12.1 Å². The Hall–Kier alpha value is -2.86. The van der Waals surface area contributed by atoms with Gasteiger partial charge >= 0.3 is 0 Å². The molecule has 2 heterocycles. The van der Waals surface area contributed by atoms with Gasteiger partial charge in [-0.05, 0) is 29.5 Å². The largest absolute Gasteiger partial charge is 0.391 e. The standard InChI is InChI=1S/C23H29N3O3/c1-4-23(2,3)14-21(28)25-19-15-26(13-12-20(19)27)22(29)18-11-10-17(24-18)16-8-6-5-7-9-16/h4-11,19-20,24,27H,1,12-15H2,2-3H3,(H,25,28)/t19-,20-/m1/s1. The van der Waals surface area contributed by atoms with Gasteiger partial charge in [0.25, 0.3) is 5.91 Å². The second-order valence-corrected chi connectivity index (χ2v) is 8.30. The number of piperidine rings is 1. The number of hydrogen-bond acceptors (Lipinski definition) is 3. The van der Waals surface area contributed by atoms with E-state index in [1.807, 2.05) is 50.2 Å². The number of nitrogens with zero attached hydrogens (tertiary/aromatic N) is 1. The summed E-state index contributed by atoms with van der Waals surface area (Å²) in [5, 5.41) is 13.2. The van der Waals surface area contributed by atoms with E-state index in [4.69, 9.17) is 0 Å². The molecule has 3 rings (SSSR count). The van der Waals surface area contributed by atoms with Gasteiger partial charge in [0.2, 0.25) is 5.91 Å². The minimum absolute atomic E-state index is 0.134. The molecule has 2 atom stereocenters.